The van der Waals surface area contributed by atoms with Crippen molar-refractivity contribution in [2.45, 2.75) is 44.6 Å². The number of nitrogens with zero attached hydrogens (tertiary/aromatic N) is 2. The van der Waals surface area contributed by atoms with Crippen LogP contribution in [0.25, 0.3) is 11.1 Å². The minimum Gasteiger partial charge on any atom is -0.408 e. The Labute approximate surface area is 179 Å². The minimum atomic E-state index is -0.720. The number of carbonyl (C=O) groups excluding carboxylic acids is 2. The molecule has 4 rings (SSSR count). The maximum atomic E-state index is 12.7. The minimum absolute atomic E-state index is 0.0315. The van der Waals surface area contributed by atoms with Gasteiger partial charge in [0.05, 0.1) is 17.0 Å². The van der Waals surface area contributed by atoms with E-state index in [1.807, 2.05) is 4.90 Å². The second-order valence-electron chi connectivity index (χ2n) is 8.04. The smallest absolute Gasteiger partial charge is 0.408 e. The Bertz CT molecular complexity index is 1000. The first kappa shape index (κ1) is 20.9. The highest BCUT2D eigenvalue weighted by Gasteiger charge is 2.28. The van der Waals surface area contributed by atoms with E-state index in [0.29, 0.717) is 11.6 Å². The summed E-state index contributed by atoms with van der Waals surface area (Å²) in [6.07, 6.45) is 7.53. The molecule has 0 saturated carbocycles. The average Bonchev–Trinajstić information content (AvgIpc) is 3.13. The molecule has 0 unspecified atom stereocenters. The number of fused-ring (bicyclic) bond motifs is 1. The number of likely N-dealkylation sites (tertiary alicyclic amines) is 2. The van der Waals surface area contributed by atoms with E-state index in [0.717, 1.165) is 25.9 Å². The molecule has 2 amide bonds. The van der Waals surface area contributed by atoms with Crippen molar-refractivity contribution in [3.8, 4) is 0 Å². The highest BCUT2D eigenvalue weighted by Crippen LogP contribution is 2.29. The number of aromatic nitrogens is 1. The van der Waals surface area contributed by atoms with Gasteiger partial charge in [-0.1, -0.05) is 18.0 Å². The Morgan fingerprint density at radius 2 is 1.90 bits per heavy atom. The van der Waals surface area contributed by atoms with Gasteiger partial charge in [0.2, 0.25) is 5.91 Å². The number of hydrogen-bond donors (Lipinski definition) is 2. The van der Waals surface area contributed by atoms with Gasteiger partial charge in [-0.15, -0.1) is 0 Å². The van der Waals surface area contributed by atoms with Gasteiger partial charge >= 0.3 is 5.76 Å². The molecule has 2 aliphatic rings. The molecule has 3 N–H and O–H groups in total. The van der Waals surface area contributed by atoms with Gasteiger partial charge in [0.25, 0.3) is 5.91 Å². The zero-order valence-electron chi connectivity index (χ0n) is 16.8. The van der Waals surface area contributed by atoms with Crippen molar-refractivity contribution in [1.82, 2.24) is 14.8 Å². The lowest BCUT2D eigenvalue weighted by atomic mass is 9.98. The van der Waals surface area contributed by atoms with Crippen LogP contribution in [0.4, 0.5) is 0 Å². The number of benzene rings is 1. The quantitative estimate of drug-likeness (QED) is 0.749. The topological polar surface area (TPSA) is 113 Å². The van der Waals surface area contributed by atoms with E-state index in [2.05, 4.69) is 9.88 Å². The Kier molecular flexibility index (Phi) is 6.15. The van der Waals surface area contributed by atoms with Crippen LogP contribution < -0.4 is 11.5 Å². The summed E-state index contributed by atoms with van der Waals surface area (Å²) in [6, 6.07) is 2.10. The fourth-order valence-electron chi connectivity index (χ4n) is 4.59. The Morgan fingerprint density at radius 3 is 2.57 bits per heavy atom. The fourth-order valence-corrected chi connectivity index (χ4v) is 4.94. The molecule has 2 saturated heterocycles. The fraction of sp³-hybridized carbons (Fsp3) is 0.524. The Morgan fingerprint density at radius 1 is 1.20 bits per heavy atom. The predicted octanol–water partition coefficient (Wildman–Crippen LogP) is 2.10. The highest BCUT2D eigenvalue weighted by atomic mass is 35.5. The second-order valence-corrected chi connectivity index (χ2v) is 8.42. The van der Waals surface area contributed by atoms with Crippen LogP contribution >= 0.6 is 11.6 Å². The predicted molar refractivity (Wildman–Crippen MR) is 113 cm³/mol. The summed E-state index contributed by atoms with van der Waals surface area (Å²) in [5, 5.41) is 0.0315. The molecule has 8 nitrogen and oxygen atoms in total. The molecule has 2 aliphatic heterocycles. The van der Waals surface area contributed by atoms with Crippen LogP contribution in [0.5, 0.6) is 0 Å². The Hall–Kier alpha value is -2.32. The molecule has 2 aromatic rings. The summed E-state index contributed by atoms with van der Waals surface area (Å²) >= 11 is 6.26. The standard InChI is InChI=1S/C21H26ClN4O4/c22-18-17(20(23)28)13(12-15-19(18)24-21(29)30-15)4-5-16(27)26-10-6-14(7-11-26)25-8-2-1-3-9-25/h5,12,14H,1-4,6-11H2,(H2,23,28)(H,24,29). The third-order valence-electron chi connectivity index (χ3n) is 6.17. The molecular weight excluding hydrogens is 408 g/mol. The van der Waals surface area contributed by atoms with E-state index in [-0.39, 0.29) is 34.0 Å². The molecule has 30 heavy (non-hydrogen) atoms. The molecule has 1 aromatic heterocycles. The zero-order valence-corrected chi connectivity index (χ0v) is 17.5. The highest BCUT2D eigenvalue weighted by molar-refractivity contribution is 6.38. The average molecular weight is 434 g/mol. The lowest BCUT2D eigenvalue weighted by molar-refractivity contribution is -0.129. The van der Waals surface area contributed by atoms with Crippen molar-refractivity contribution in [2.24, 2.45) is 5.73 Å². The first-order valence-electron chi connectivity index (χ1n) is 10.4. The second kappa shape index (κ2) is 8.81. The monoisotopic (exact) mass is 433 g/mol. The lowest BCUT2D eigenvalue weighted by Crippen LogP contribution is -2.48. The largest absolute Gasteiger partial charge is 0.417 e. The van der Waals surface area contributed by atoms with E-state index in [4.69, 9.17) is 21.8 Å². The SMILES string of the molecule is NC(=O)c1c(C[CH]C(=O)N2CCC(N3CCCCC3)CC2)cc2oc(=O)[nH]c2c1Cl. The number of hydrogen-bond acceptors (Lipinski definition) is 5. The van der Waals surface area contributed by atoms with Crippen molar-refractivity contribution in [3.05, 3.63) is 39.2 Å². The van der Waals surface area contributed by atoms with E-state index in [1.165, 1.54) is 44.8 Å². The van der Waals surface area contributed by atoms with Crippen molar-refractivity contribution >= 4 is 34.5 Å². The van der Waals surface area contributed by atoms with Gasteiger partial charge in [-0.05, 0) is 56.8 Å². The first-order chi connectivity index (χ1) is 14.4. The molecule has 3 heterocycles. The van der Waals surface area contributed by atoms with Crippen molar-refractivity contribution < 1.29 is 14.0 Å². The molecule has 1 aromatic carbocycles. The number of oxazole rings is 1. The number of amides is 2. The van der Waals surface area contributed by atoms with Crippen LogP contribution in [0.2, 0.25) is 5.02 Å². The van der Waals surface area contributed by atoms with Gasteiger partial charge in [-0.3, -0.25) is 14.6 Å². The third-order valence-corrected chi connectivity index (χ3v) is 6.55. The molecule has 0 aliphatic carbocycles. The maximum absolute atomic E-state index is 12.7. The number of nitrogens with one attached hydrogen (secondary N) is 1. The van der Waals surface area contributed by atoms with Gasteiger partial charge in [0.15, 0.2) is 5.58 Å². The molecule has 161 valence electrons. The summed E-state index contributed by atoms with van der Waals surface area (Å²) in [5.41, 5.74) is 6.50. The van der Waals surface area contributed by atoms with E-state index < -0.39 is 11.7 Å². The number of H-pyrrole nitrogens is 1. The Balaban J connectivity index is 1.40. The van der Waals surface area contributed by atoms with E-state index in [1.54, 1.807) is 0 Å². The zero-order chi connectivity index (χ0) is 21.3. The lowest BCUT2D eigenvalue weighted by Gasteiger charge is -2.40. The number of halogens is 1. The van der Waals surface area contributed by atoms with Gasteiger partial charge in [-0.2, -0.15) is 0 Å². The maximum Gasteiger partial charge on any atom is 0.417 e. The van der Waals surface area contributed by atoms with Gasteiger partial charge in [-0.25, -0.2) is 4.79 Å². The van der Waals surface area contributed by atoms with Crippen molar-refractivity contribution in [3.63, 3.8) is 0 Å². The third kappa shape index (κ3) is 4.25. The number of primary amides is 1. The van der Waals surface area contributed by atoms with Crippen molar-refractivity contribution in [1.29, 1.82) is 0 Å². The molecule has 0 atom stereocenters. The summed E-state index contributed by atoms with van der Waals surface area (Å²) in [7, 11) is 0. The van der Waals surface area contributed by atoms with Crippen LogP contribution in [0.1, 0.15) is 48.0 Å². The number of piperidine rings is 2. The summed E-state index contributed by atoms with van der Waals surface area (Å²) in [5.74, 6) is -1.47. The van der Waals surface area contributed by atoms with Crippen LogP contribution in [-0.4, -0.2) is 58.8 Å². The van der Waals surface area contributed by atoms with Crippen LogP contribution in [0.3, 0.4) is 0 Å². The summed E-state index contributed by atoms with van der Waals surface area (Å²) in [6.45, 7) is 3.79. The van der Waals surface area contributed by atoms with E-state index >= 15 is 0 Å². The number of carbonyl (C=O) groups is 2. The van der Waals surface area contributed by atoms with Crippen LogP contribution in [0.15, 0.2) is 15.3 Å². The number of aromatic amines is 1. The molecule has 0 spiro atoms. The van der Waals surface area contributed by atoms with Gasteiger partial charge < -0.3 is 20.0 Å². The van der Waals surface area contributed by atoms with Crippen LogP contribution in [-0.2, 0) is 11.2 Å². The van der Waals surface area contributed by atoms with Crippen LogP contribution in [0, 0.1) is 6.42 Å². The molecule has 9 heteroatoms. The van der Waals surface area contributed by atoms with Crippen molar-refractivity contribution in [2.75, 3.05) is 26.2 Å². The molecule has 1 radical (unpaired) electrons. The normalized spacial score (nSPS) is 18.8. The number of nitrogens with two attached hydrogens (primary N) is 1. The van der Waals surface area contributed by atoms with E-state index in [9.17, 15) is 14.4 Å². The first-order valence-corrected chi connectivity index (χ1v) is 10.8. The molecular formula is C21H26ClN4O4. The molecule has 2 fully saturated rings. The van der Waals surface area contributed by atoms with Gasteiger partial charge in [0.1, 0.15) is 5.52 Å². The number of rotatable bonds is 5. The summed E-state index contributed by atoms with van der Waals surface area (Å²) in [4.78, 5) is 43.0. The van der Waals surface area contributed by atoms with Gasteiger partial charge in [0, 0.05) is 19.1 Å². The molecule has 0 bridgehead atoms. The summed E-state index contributed by atoms with van der Waals surface area (Å²) < 4.78 is 5.06.